The maximum Gasteiger partial charge on any atom is 0.269 e. The van der Waals surface area contributed by atoms with Crippen LogP contribution >= 0.6 is 23.2 Å². The van der Waals surface area contributed by atoms with Gasteiger partial charge in [0.25, 0.3) is 5.69 Å². The molecule has 0 fully saturated rings. The number of alkyl halides is 2. The lowest BCUT2D eigenvalue weighted by molar-refractivity contribution is -0.384. The highest BCUT2D eigenvalue weighted by molar-refractivity contribution is 6.44. The van der Waals surface area contributed by atoms with E-state index >= 15 is 0 Å². The minimum absolute atomic E-state index is 0.166. The molecule has 0 heterocycles. The quantitative estimate of drug-likeness (QED) is 0.271. The summed E-state index contributed by atoms with van der Waals surface area (Å²) < 4.78 is 0. The number of nitro groups is 1. The fourth-order valence-corrected chi connectivity index (χ4v) is 1.33. The van der Waals surface area contributed by atoms with E-state index in [4.69, 9.17) is 23.2 Å². The van der Waals surface area contributed by atoms with Crippen molar-refractivity contribution in [3.8, 4) is 0 Å². The zero-order valence-electron chi connectivity index (χ0n) is 7.18. The van der Waals surface area contributed by atoms with E-state index in [1.165, 1.54) is 24.3 Å². The molecule has 78 valence electrons. The van der Waals surface area contributed by atoms with Gasteiger partial charge in [0.2, 0.25) is 6.08 Å². The molecule has 7 heteroatoms. The first-order valence-corrected chi connectivity index (χ1v) is 4.58. The molecule has 15 heavy (non-hydrogen) atoms. The Labute approximate surface area is 94.5 Å². The van der Waals surface area contributed by atoms with Crippen LogP contribution in [0.3, 0.4) is 0 Å². The minimum Gasteiger partial charge on any atom is -0.258 e. The van der Waals surface area contributed by atoms with Crippen LogP contribution in [0.1, 0.15) is 10.4 Å². The summed E-state index contributed by atoms with van der Waals surface area (Å²) in [5, 5.41) is 10.5. The highest BCUT2D eigenvalue weighted by Crippen LogP contribution is 2.35. The third-order valence-corrected chi connectivity index (χ3v) is 2.09. The van der Waals surface area contributed by atoms with Gasteiger partial charge >= 0.3 is 0 Å². The molecule has 0 spiro atoms. The van der Waals surface area contributed by atoms with Crippen LogP contribution in [0.4, 0.5) is 11.4 Å². The average molecular weight is 247 g/mol. The Morgan fingerprint density at radius 1 is 1.47 bits per heavy atom. The van der Waals surface area contributed by atoms with Crippen molar-refractivity contribution in [2.24, 2.45) is 4.99 Å². The lowest BCUT2D eigenvalue weighted by Gasteiger charge is -2.03. The Morgan fingerprint density at radius 3 is 2.60 bits per heavy atom. The van der Waals surface area contributed by atoms with Crippen LogP contribution < -0.4 is 0 Å². The van der Waals surface area contributed by atoms with Gasteiger partial charge in [0.1, 0.15) is 4.84 Å². The van der Waals surface area contributed by atoms with Crippen LogP contribution in [0.2, 0.25) is 0 Å². The molecule has 0 atom stereocenters. The van der Waals surface area contributed by atoms with Crippen molar-refractivity contribution < 1.29 is 9.72 Å². The van der Waals surface area contributed by atoms with Gasteiger partial charge in [-0.2, -0.15) is 4.99 Å². The van der Waals surface area contributed by atoms with E-state index in [1.807, 2.05) is 0 Å². The summed E-state index contributed by atoms with van der Waals surface area (Å²) in [4.78, 5) is 22.3. The second-order valence-electron chi connectivity index (χ2n) is 2.50. The summed E-state index contributed by atoms with van der Waals surface area (Å²) in [6.07, 6.45) is 1.32. The SMILES string of the molecule is O=C=Nc1ccc([N+](=O)[O-])cc1C(Cl)Cl. The lowest BCUT2D eigenvalue weighted by Crippen LogP contribution is -1.90. The number of isocyanates is 1. The van der Waals surface area contributed by atoms with Crippen LogP contribution in [0, 0.1) is 10.1 Å². The lowest BCUT2D eigenvalue weighted by atomic mass is 10.2. The fraction of sp³-hybridized carbons (Fsp3) is 0.125. The molecule has 0 aliphatic rings. The highest BCUT2D eigenvalue weighted by Gasteiger charge is 2.15. The van der Waals surface area contributed by atoms with Crippen molar-refractivity contribution in [2.75, 3.05) is 0 Å². The van der Waals surface area contributed by atoms with E-state index in [1.54, 1.807) is 0 Å². The van der Waals surface area contributed by atoms with Crippen molar-refractivity contribution >= 4 is 40.7 Å². The predicted molar refractivity (Wildman–Crippen MR) is 55.3 cm³/mol. The summed E-state index contributed by atoms with van der Waals surface area (Å²) in [7, 11) is 0. The smallest absolute Gasteiger partial charge is 0.258 e. The number of benzene rings is 1. The molecule has 0 radical (unpaired) electrons. The molecular weight excluding hydrogens is 243 g/mol. The van der Waals surface area contributed by atoms with Crippen LogP contribution in [-0.2, 0) is 4.79 Å². The first kappa shape index (κ1) is 11.7. The van der Waals surface area contributed by atoms with Gasteiger partial charge in [0, 0.05) is 17.7 Å². The molecular formula is C8H4Cl2N2O3. The van der Waals surface area contributed by atoms with Crippen LogP contribution in [-0.4, -0.2) is 11.0 Å². The molecule has 0 N–H and O–H groups in total. The Kier molecular flexibility index (Phi) is 3.80. The van der Waals surface area contributed by atoms with Crippen LogP contribution in [0.5, 0.6) is 0 Å². The second-order valence-corrected chi connectivity index (χ2v) is 3.60. The number of hydrogen-bond acceptors (Lipinski definition) is 4. The number of hydrogen-bond donors (Lipinski definition) is 0. The maximum atomic E-state index is 10.5. The van der Waals surface area contributed by atoms with Gasteiger partial charge in [-0.3, -0.25) is 10.1 Å². The maximum absolute atomic E-state index is 10.5. The number of halogens is 2. The molecule has 0 aromatic heterocycles. The van der Waals surface area contributed by atoms with Gasteiger partial charge in [0.15, 0.2) is 0 Å². The normalized spacial score (nSPS) is 9.80. The highest BCUT2D eigenvalue weighted by atomic mass is 35.5. The van der Waals surface area contributed by atoms with Crippen molar-refractivity contribution in [1.29, 1.82) is 0 Å². The Morgan fingerprint density at radius 2 is 2.13 bits per heavy atom. The number of carbonyl (C=O) groups excluding carboxylic acids is 1. The van der Waals surface area contributed by atoms with Gasteiger partial charge in [0.05, 0.1) is 10.6 Å². The topological polar surface area (TPSA) is 72.6 Å². The summed E-state index contributed by atoms with van der Waals surface area (Å²) in [6, 6.07) is 3.66. The molecule has 1 rings (SSSR count). The van der Waals surface area contributed by atoms with E-state index < -0.39 is 9.76 Å². The Bertz CT molecular complexity index is 442. The number of aliphatic imine (C=N–C) groups is 1. The van der Waals surface area contributed by atoms with Crippen LogP contribution in [0.15, 0.2) is 23.2 Å². The third kappa shape index (κ3) is 2.76. The number of non-ortho nitro benzene ring substituents is 1. The van der Waals surface area contributed by atoms with Crippen molar-refractivity contribution in [2.45, 2.75) is 4.84 Å². The molecule has 0 saturated carbocycles. The van der Waals surface area contributed by atoms with E-state index in [-0.39, 0.29) is 16.9 Å². The molecule has 0 unspecified atom stereocenters. The molecule has 1 aromatic carbocycles. The molecule has 0 aliphatic heterocycles. The van der Waals surface area contributed by atoms with E-state index in [0.717, 1.165) is 0 Å². The second kappa shape index (κ2) is 4.89. The van der Waals surface area contributed by atoms with Gasteiger partial charge in [-0.15, -0.1) is 0 Å². The summed E-state index contributed by atoms with van der Waals surface area (Å²) in [5.41, 5.74) is 0.211. The third-order valence-electron chi connectivity index (χ3n) is 1.62. The van der Waals surface area contributed by atoms with Crippen LogP contribution in [0.25, 0.3) is 0 Å². The van der Waals surface area contributed by atoms with Gasteiger partial charge in [-0.1, -0.05) is 23.2 Å². The molecule has 1 aromatic rings. The molecule has 0 aliphatic carbocycles. The van der Waals surface area contributed by atoms with Gasteiger partial charge in [-0.25, -0.2) is 4.79 Å². The van der Waals surface area contributed by atoms with E-state index in [0.29, 0.717) is 0 Å². The summed E-state index contributed by atoms with van der Waals surface area (Å²) in [5.74, 6) is 0. The fourth-order valence-electron chi connectivity index (χ4n) is 0.981. The van der Waals surface area contributed by atoms with E-state index in [9.17, 15) is 14.9 Å². The zero-order valence-corrected chi connectivity index (χ0v) is 8.70. The Hall–Kier alpha value is -1.42. The standard InChI is InChI=1S/C8H4Cl2N2O3/c9-8(10)6-3-5(12(14)15)1-2-7(6)11-4-13/h1-3,8H. The monoisotopic (exact) mass is 246 g/mol. The number of rotatable bonds is 3. The first-order chi connectivity index (χ1) is 7.06. The number of nitrogens with zero attached hydrogens (tertiary/aromatic N) is 2. The van der Waals surface area contributed by atoms with Gasteiger partial charge < -0.3 is 0 Å². The molecule has 5 nitrogen and oxygen atoms in total. The summed E-state index contributed by atoms with van der Waals surface area (Å²) >= 11 is 11.1. The summed E-state index contributed by atoms with van der Waals surface area (Å²) in [6.45, 7) is 0. The van der Waals surface area contributed by atoms with Gasteiger partial charge in [-0.05, 0) is 6.07 Å². The van der Waals surface area contributed by atoms with Crippen molar-refractivity contribution in [1.82, 2.24) is 0 Å². The molecule has 0 amide bonds. The molecule has 0 saturated heterocycles. The Balaban J connectivity index is 3.32. The minimum atomic E-state index is -0.989. The average Bonchev–Trinajstić information content (AvgIpc) is 2.18. The number of nitro benzene ring substituents is 1. The van der Waals surface area contributed by atoms with Crippen molar-refractivity contribution in [3.05, 3.63) is 33.9 Å². The zero-order chi connectivity index (χ0) is 11.4. The van der Waals surface area contributed by atoms with Crippen molar-refractivity contribution in [3.63, 3.8) is 0 Å². The molecule has 0 bridgehead atoms. The van der Waals surface area contributed by atoms with E-state index in [2.05, 4.69) is 4.99 Å². The largest absolute Gasteiger partial charge is 0.269 e. The predicted octanol–water partition coefficient (Wildman–Crippen LogP) is 3.04. The first-order valence-electron chi connectivity index (χ1n) is 3.70.